The van der Waals surface area contributed by atoms with E-state index in [1.807, 2.05) is 0 Å². The summed E-state index contributed by atoms with van der Waals surface area (Å²) < 4.78 is 5.78. The molecule has 3 heteroatoms. The zero-order chi connectivity index (χ0) is 14.6. The van der Waals surface area contributed by atoms with Crippen molar-refractivity contribution in [1.82, 2.24) is 4.90 Å². The van der Waals surface area contributed by atoms with Gasteiger partial charge in [-0.2, -0.15) is 0 Å². The standard InChI is InChI=1S/C17H28N2O/c1-19(2)12-14-8-7-9-15(16(14)20-3)17(13-18)10-5-4-6-11-17/h7-9H,4-6,10-13,18H2,1-3H3. The number of hydrogen-bond donors (Lipinski definition) is 1. The molecule has 0 radical (unpaired) electrons. The van der Waals surface area contributed by atoms with Gasteiger partial charge >= 0.3 is 0 Å². The normalized spacial score (nSPS) is 18.2. The summed E-state index contributed by atoms with van der Waals surface area (Å²) in [7, 11) is 5.96. The highest BCUT2D eigenvalue weighted by atomic mass is 16.5. The molecule has 3 nitrogen and oxygen atoms in total. The van der Waals surface area contributed by atoms with E-state index in [0.29, 0.717) is 0 Å². The van der Waals surface area contributed by atoms with Crippen LogP contribution in [0.3, 0.4) is 0 Å². The van der Waals surface area contributed by atoms with Crippen molar-refractivity contribution in [2.45, 2.75) is 44.1 Å². The molecule has 0 spiro atoms. The van der Waals surface area contributed by atoms with Crippen molar-refractivity contribution in [2.24, 2.45) is 5.73 Å². The molecule has 0 atom stereocenters. The minimum atomic E-state index is 0.117. The summed E-state index contributed by atoms with van der Waals surface area (Å²) in [5.41, 5.74) is 8.87. The van der Waals surface area contributed by atoms with E-state index in [2.05, 4.69) is 37.2 Å². The highest BCUT2D eigenvalue weighted by Crippen LogP contribution is 2.43. The van der Waals surface area contributed by atoms with Gasteiger partial charge in [0.1, 0.15) is 5.75 Å². The summed E-state index contributed by atoms with van der Waals surface area (Å²) in [6.45, 7) is 1.62. The fourth-order valence-corrected chi connectivity index (χ4v) is 3.52. The van der Waals surface area contributed by atoms with Crippen LogP contribution in [0.2, 0.25) is 0 Å². The molecule has 1 fully saturated rings. The number of rotatable bonds is 5. The van der Waals surface area contributed by atoms with Crippen LogP contribution >= 0.6 is 0 Å². The first-order valence-corrected chi connectivity index (χ1v) is 7.64. The lowest BCUT2D eigenvalue weighted by molar-refractivity contribution is 0.285. The number of nitrogens with two attached hydrogens (primary N) is 1. The highest BCUT2D eigenvalue weighted by molar-refractivity contribution is 5.46. The van der Waals surface area contributed by atoms with Gasteiger partial charge in [-0.15, -0.1) is 0 Å². The first-order valence-electron chi connectivity index (χ1n) is 7.64. The smallest absolute Gasteiger partial charge is 0.127 e. The predicted molar refractivity (Wildman–Crippen MR) is 84.2 cm³/mol. The molecule has 1 aromatic rings. The fourth-order valence-electron chi connectivity index (χ4n) is 3.52. The van der Waals surface area contributed by atoms with Gasteiger partial charge in [-0.05, 0) is 26.9 Å². The SMILES string of the molecule is COc1c(CN(C)C)cccc1C1(CN)CCCCC1. The van der Waals surface area contributed by atoms with E-state index in [4.69, 9.17) is 10.5 Å². The van der Waals surface area contributed by atoms with Crippen LogP contribution in [-0.2, 0) is 12.0 Å². The van der Waals surface area contributed by atoms with Gasteiger partial charge in [-0.25, -0.2) is 0 Å². The summed E-state index contributed by atoms with van der Waals surface area (Å²) in [6.07, 6.45) is 6.26. The van der Waals surface area contributed by atoms with Gasteiger partial charge in [0.15, 0.2) is 0 Å². The van der Waals surface area contributed by atoms with Crippen LogP contribution in [0.4, 0.5) is 0 Å². The van der Waals surface area contributed by atoms with Crippen LogP contribution in [0.1, 0.15) is 43.2 Å². The van der Waals surface area contributed by atoms with Crippen molar-refractivity contribution in [3.8, 4) is 5.75 Å². The molecule has 1 aromatic carbocycles. The van der Waals surface area contributed by atoms with Crippen molar-refractivity contribution in [3.05, 3.63) is 29.3 Å². The van der Waals surface area contributed by atoms with Gasteiger partial charge in [-0.1, -0.05) is 37.5 Å². The largest absolute Gasteiger partial charge is 0.496 e. The predicted octanol–water partition coefficient (Wildman–Crippen LogP) is 2.92. The Balaban J connectivity index is 2.43. The van der Waals surface area contributed by atoms with E-state index in [-0.39, 0.29) is 5.41 Å². The van der Waals surface area contributed by atoms with Gasteiger partial charge in [0.05, 0.1) is 7.11 Å². The molecule has 1 aliphatic rings. The Hall–Kier alpha value is -1.06. The fraction of sp³-hybridized carbons (Fsp3) is 0.647. The Morgan fingerprint density at radius 2 is 1.90 bits per heavy atom. The maximum atomic E-state index is 6.18. The Morgan fingerprint density at radius 3 is 2.45 bits per heavy atom. The summed E-state index contributed by atoms with van der Waals surface area (Å²) in [6, 6.07) is 6.54. The molecule has 0 bridgehead atoms. The molecule has 20 heavy (non-hydrogen) atoms. The lowest BCUT2D eigenvalue weighted by atomic mass is 9.69. The first kappa shape index (κ1) is 15.3. The first-order chi connectivity index (χ1) is 9.63. The zero-order valence-corrected chi connectivity index (χ0v) is 13.1. The molecule has 0 unspecified atom stereocenters. The number of nitrogens with zero attached hydrogens (tertiary/aromatic N) is 1. The van der Waals surface area contributed by atoms with E-state index in [1.165, 1.54) is 43.2 Å². The zero-order valence-electron chi connectivity index (χ0n) is 13.1. The van der Waals surface area contributed by atoms with E-state index in [1.54, 1.807) is 7.11 Å². The highest BCUT2D eigenvalue weighted by Gasteiger charge is 2.35. The van der Waals surface area contributed by atoms with Crippen LogP contribution in [0.25, 0.3) is 0 Å². The second-order valence-electron chi connectivity index (χ2n) is 6.28. The Kier molecular flexibility index (Phi) is 5.06. The number of hydrogen-bond acceptors (Lipinski definition) is 3. The minimum absolute atomic E-state index is 0.117. The van der Waals surface area contributed by atoms with Crippen molar-refractivity contribution < 1.29 is 4.74 Å². The molecule has 0 amide bonds. The average molecular weight is 276 g/mol. The lowest BCUT2D eigenvalue weighted by Gasteiger charge is -2.38. The second kappa shape index (κ2) is 6.59. The molecule has 1 aliphatic carbocycles. The molecule has 0 heterocycles. The summed E-state index contributed by atoms with van der Waals surface area (Å²) in [4.78, 5) is 2.18. The molecule has 112 valence electrons. The maximum absolute atomic E-state index is 6.18. The number of ether oxygens (including phenoxy) is 1. The van der Waals surface area contributed by atoms with Gasteiger partial charge in [0, 0.05) is 29.6 Å². The van der Waals surface area contributed by atoms with Gasteiger partial charge in [0.25, 0.3) is 0 Å². The number of benzene rings is 1. The van der Waals surface area contributed by atoms with Crippen LogP contribution in [0, 0.1) is 0 Å². The third-order valence-corrected chi connectivity index (χ3v) is 4.56. The van der Waals surface area contributed by atoms with Crippen molar-refractivity contribution in [2.75, 3.05) is 27.7 Å². The number of methoxy groups -OCH3 is 1. The van der Waals surface area contributed by atoms with Crippen molar-refractivity contribution in [3.63, 3.8) is 0 Å². The third-order valence-electron chi connectivity index (χ3n) is 4.56. The Morgan fingerprint density at radius 1 is 1.20 bits per heavy atom. The molecule has 2 N–H and O–H groups in total. The summed E-state index contributed by atoms with van der Waals surface area (Å²) in [5, 5.41) is 0. The van der Waals surface area contributed by atoms with E-state index >= 15 is 0 Å². The van der Waals surface area contributed by atoms with Crippen LogP contribution < -0.4 is 10.5 Å². The summed E-state index contributed by atoms with van der Waals surface area (Å²) in [5.74, 6) is 1.05. The average Bonchev–Trinajstić information content (AvgIpc) is 2.47. The molecule has 0 aromatic heterocycles. The quantitative estimate of drug-likeness (QED) is 0.898. The van der Waals surface area contributed by atoms with E-state index < -0.39 is 0 Å². The Bertz CT molecular complexity index is 437. The van der Waals surface area contributed by atoms with Gasteiger partial charge in [0.2, 0.25) is 0 Å². The molecular formula is C17H28N2O. The molecule has 0 saturated heterocycles. The van der Waals surface area contributed by atoms with Crippen LogP contribution in [-0.4, -0.2) is 32.6 Å². The maximum Gasteiger partial charge on any atom is 0.127 e. The third kappa shape index (κ3) is 2.99. The van der Waals surface area contributed by atoms with Crippen molar-refractivity contribution >= 4 is 0 Å². The lowest BCUT2D eigenvalue weighted by Crippen LogP contribution is -2.37. The summed E-state index contributed by atoms with van der Waals surface area (Å²) >= 11 is 0. The van der Waals surface area contributed by atoms with Crippen LogP contribution in [0.5, 0.6) is 5.75 Å². The van der Waals surface area contributed by atoms with Gasteiger partial charge < -0.3 is 15.4 Å². The molecule has 0 aliphatic heterocycles. The van der Waals surface area contributed by atoms with Gasteiger partial charge in [-0.3, -0.25) is 0 Å². The topological polar surface area (TPSA) is 38.5 Å². The van der Waals surface area contributed by atoms with E-state index in [0.717, 1.165) is 18.8 Å². The minimum Gasteiger partial charge on any atom is -0.496 e. The molecular weight excluding hydrogens is 248 g/mol. The monoisotopic (exact) mass is 276 g/mol. The number of para-hydroxylation sites is 1. The van der Waals surface area contributed by atoms with Crippen LogP contribution in [0.15, 0.2) is 18.2 Å². The second-order valence-corrected chi connectivity index (χ2v) is 6.28. The molecule has 1 saturated carbocycles. The van der Waals surface area contributed by atoms with E-state index in [9.17, 15) is 0 Å². The molecule has 2 rings (SSSR count). The van der Waals surface area contributed by atoms with Crippen molar-refractivity contribution in [1.29, 1.82) is 0 Å². The Labute approximate surface area is 123 Å².